The summed E-state index contributed by atoms with van der Waals surface area (Å²) in [7, 11) is 0. The molecule has 2 saturated carbocycles. The lowest BCUT2D eigenvalue weighted by Gasteiger charge is -2.52. The summed E-state index contributed by atoms with van der Waals surface area (Å²) >= 11 is 0. The molecular weight excluding hydrogens is 280 g/mol. The van der Waals surface area contributed by atoms with Gasteiger partial charge in [0.05, 0.1) is 11.3 Å². The van der Waals surface area contributed by atoms with Gasteiger partial charge in [-0.25, -0.2) is 0 Å². The van der Waals surface area contributed by atoms with Crippen molar-refractivity contribution in [1.82, 2.24) is 0 Å². The van der Waals surface area contributed by atoms with Crippen molar-refractivity contribution in [3.8, 4) is 0 Å². The van der Waals surface area contributed by atoms with Gasteiger partial charge >= 0.3 is 11.9 Å². The van der Waals surface area contributed by atoms with E-state index in [1.807, 2.05) is 6.92 Å². The second-order valence-electron chi connectivity index (χ2n) is 7.46. The van der Waals surface area contributed by atoms with Crippen LogP contribution in [0.2, 0.25) is 0 Å². The zero-order chi connectivity index (χ0) is 16.3. The molecular formula is C18H30O4. The SMILES string of the molecule is CCCC1CC2CCCC(CCC)(C(=O)O)C2C(C(=O)O)C1. The highest BCUT2D eigenvalue weighted by atomic mass is 16.4. The van der Waals surface area contributed by atoms with Crippen LogP contribution in [0.15, 0.2) is 0 Å². The zero-order valence-electron chi connectivity index (χ0n) is 13.9. The van der Waals surface area contributed by atoms with Crippen LogP contribution < -0.4 is 0 Å². The van der Waals surface area contributed by atoms with Gasteiger partial charge in [0.1, 0.15) is 0 Å². The van der Waals surface area contributed by atoms with Crippen LogP contribution in [0.4, 0.5) is 0 Å². The third-order valence-electron chi connectivity index (χ3n) is 6.14. The van der Waals surface area contributed by atoms with E-state index in [4.69, 9.17) is 0 Å². The van der Waals surface area contributed by atoms with Gasteiger partial charge < -0.3 is 10.2 Å². The molecule has 0 aliphatic heterocycles. The lowest BCUT2D eigenvalue weighted by atomic mass is 9.51. The summed E-state index contributed by atoms with van der Waals surface area (Å²) < 4.78 is 0. The normalized spacial score (nSPS) is 38.3. The molecule has 0 amide bonds. The van der Waals surface area contributed by atoms with Gasteiger partial charge in [0.25, 0.3) is 0 Å². The molecule has 2 aliphatic carbocycles. The second kappa shape index (κ2) is 7.01. The van der Waals surface area contributed by atoms with Gasteiger partial charge in [0.15, 0.2) is 0 Å². The van der Waals surface area contributed by atoms with E-state index >= 15 is 0 Å². The predicted molar refractivity (Wildman–Crippen MR) is 84.6 cm³/mol. The van der Waals surface area contributed by atoms with Crippen LogP contribution >= 0.6 is 0 Å². The zero-order valence-corrected chi connectivity index (χ0v) is 13.9. The number of fused-ring (bicyclic) bond motifs is 1. The number of rotatable bonds is 6. The molecule has 126 valence electrons. The first-order chi connectivity index (χ1) is 10.5. The van der Waals surface area contributed by atoms with E-state index in [0.29, 0.717) is 25.2 Å². The maximum atomic E-state index is 12.1. The number of carboxylic acids is 2. The second-order valence-corrected chi connectivity index (χ2v) is 7.46. The van der Waals surface area contributed by atoms with Crippen molar-refractivity contribution < 1.29 is 19.8 Å². The molecule has 0 radical (unpaired) electrons. The third kappa shape index (κ3) is 3.02. The number of hydrogen-bond donors (Lipinski definition) is 2. The Morgan fingerprint density at radius 2 is 1.86 bits per heavy atom. The minimum Gasteiger partial charge on any atom is -0.481 e. The monoisotopic (exact) mass is 310 g/mol. The van der Waals surface area contributed by atoms with Gasteiger partial charge in [-0.3, -0.25) is 9.59 Å². The van der Waals surface area contributed by atoms with E-state index in [1.54, 1.807) is 0 Å². The molecule has 0 bridgehead atoms. The molecule has 2 aliphatic rings. The van der Waals surface area contributed by atoms with Crippen molar-refractivity contribution in [2.75, 3.05) is 0 Å². The van der Waals surface area contributed by atoms with Crippen LogP contribution in [0.3, 0.4) is 0 Å². The van der Waals surface area contributed by atoms with E-state index in [2.05, 4.69) is 6.92 Å². The molecule has 0 spiro atoms. The fraction of sp³-hybridized carbons (Fsp3) is 0.889. The summed E-state index contributed by atoms with van der Waals surface area (Å²) in [5.41, 5.74) is -0.808. The van der Waals surface area contributed by atoms with Crippen LogP contribution in [0, 0.1) is 29.1 Å². The molecule has 0 aromatic carbocycles. The number of carboxylic acid groups (broad SMARTS) is 2. The molecule has 2 rings (SSSR count). The quantitative estimate of drug-likeness (QED) is 0.771. The maximum absolute atomic E-state index is 12.1. The highest BCUT2D eigenvalue weighted by Crippen LogP contribution is 2.57. The molecule has 2 N–H and O–H groups in total. The molecule has 4 nitrogen and oxygen atoms in total. The van der Waals surface area contributed by atoms with Crippen molar-refractivity contribution in [3.63, 3.8) is 0 Å². The molecule has 5 unspecified atom stereocenters. The molecule has 0 aromatic heterocycles. The summed E-state index contributed by atoms with van der Waals surface area (Å²) in [6, 6.07) is 0. The fourth-order valence-corrected chi connectivity index (χ4v) is 5.48. The van der Waals surface area contributed by atoms with Gasteiger partial charge in [-0.2, -0.15) is 0 Å². The third-order valence-corrected chi connectivity index (χ3v) is 6.14. The van der Waals surface area contributed by atoms with E-state index in [1.165, 1.54) is 0 Å². The van der Waals surface area contributed by atoms with Gasteiger partial charge in [-0.15, -0.1) is 0 Å². The number of aliphatic carboxylic acids is 2. The van der Waals surface area contributed by atoms with Gasteiger partial charge in [0, 0.05) is 0 Å². The first kappa shape index (κ1) is 17.3. The molecule has 4 heteroatoms. The molecule has 2 fully saturated rings. The highest BCUT2D eigenvalue weighted by Gasteiger charge is 2.57. The highest BCUT2D eigenvalue weighted by molar-refractivity contribution is 5.78. The van der Waals surface area contributed by atoms with Crippen molar-refractivity contribution in [1.29, 1.82) is 0 Å². The Morgan fingerprint density at radius 1 is 1.14 bits per heavy atom. The first-order valence-electron chi connectivity index (χ1n) is 8.92. The Morgan fingerprint density at radius 3 is 2.41 bits per heavy atom. The van der Waals surface area contributed by atoms with Crippen LogP contribution in [0.25, 0.3) is 0 Å². The van der Waals surface area contributed by atoms with Crippen molar-refractivity contribution in [2.24, 2.45) is 29.1 Å². The standard InChI is InChI=1S/C18H30O4/c1-3-6-12-10-13-7-5-9-18(8-4-2,17(21)22)15(13)14(11-12)16(19)20/h12-15H,3-11H2,1-2H3,(H,19,20)(H,21,22). The van der Waals surface area contributed by atoms with Crippen LogP contribution in [0.5, 0.6) is 0 Å². The lowest BCUT2D eigenvalue weighted by molar-refractivity contribution is -0.171. The fourth-order valence-electron chi connectivity index (χ4n) is 5.48. The topological polar surface area (TPSA) is 74.6 Å². The Bertz CT molecular complexity index is 415. The molecule has 0 aromatic rings. The first-order valence-corrected chi connectivity index (χ1v) is 8.92. The number of carbonyl (C=O) groups is 2. The van der Waals surface area contributed by atoms with Crippen molar-refractivity contribution in [3.05, 3.63) is 0 Å². The van der Waals surface area contributed by atoms with Crippen LogP contribution in [-0.4, -0.2) is 22.2 Å². The number of hydrogen-bond acceptors (Lipinski definition) is 2. The van der Waals surface area contributed by atoms with Crippen LogP contribution in [-0.2, 0) is 9.59 Å². The average molecular weight is 310 g/mol. The smallest absolute Gasteiger partial charge is 0.309 e. The molecule has 0 saturated heterocycles. The Kier molecular flexibility index (Phi) is 5.51. The van der Waals surface area contributed by atoms with Gasteiger partial charge in [-0.1, -0.05) is 46.0 Å². The largest absolute Gasteiger partial charge is 0.481 e. The van der Waals surface area contributed by atoms with Crippen LogP contribution in [0.1, 0.15) is 71.6 Å². The predicted octanol–water partition coefficient (Wildman–Crippen LogP) is 4.18. The minimum absolute atomic E-state index is 0.177. The Labute approximate surface area is 133 Å². The minimum atomic E-state index is -0.808. The summed E-state index contributed by atoms with van der Waals surface area (Å²) in [6.07, 6.45) is 7.86. The summed E-state index contributed by atoms with van der Waals surface area (Å²) in [5, 5.41) is 19.7. The molecule has 22 heavy (non-hydrogen) atoms. The average Bonchev–Trinajstić information content (AvgIpc) is 2.46. The van der Waals surface area contributed by atoms with E-state index in [-0.39, 0.29) is 11.8 Å². The maximum Gasteiger partial charge on any atom is 0.309 e. The van der Waals surface area contributed by atoms with Crippen molar-refractivity contribution in [2.45, 2.75) is 71.6 Å². The van der Waals surface area contributed by atoms with E-state index < -0.39 is 23.3 Å². The van der Waals surface area contributed by atoms with E-state index in [9.17, 15) is 19.8 Å². The molecule has 5 atom stereocenters. The van der Waals surface area contributed by atoms with Crippen molar-refractivity contribution >= 4 is 11.9 Å². The summed E-state index contributed by atoms with van der Waals surface area (Å²) in [5.74, 6) is -1.45. The Balaban J connectivity index is 2.36. The summed E-state index contributed by atoms with van der Waals surface area (Å²) in [6.45, 7) is 4.15. The Hall–Kier alpha value is -1.06. The molecule has 0 heterocycles. The lowest BCUT2D eigenvalue weighted by Crippen LogP contribution is -2.53. The van der Waals surface area contributed by atoms with Gasteiger partial charge in [-0.05, 0) is 43.4 Å². The van der Waals surface area contributed by atoms with Gasteiger partial charge in [0.2, 0.25) is 0 Å². The van der Waals surface area contributed by atoms with E-state index in [0.717, 1.165) is 38.5 Å². The summed E-state index contributed by atoms with van der Waals surface area (Å²) in [4.78, 5) is 24.0.